The Labute approximate surface area is 79.6 Å². The van der Waals surface area contributed by atoms with Crippen LogP contribution < -0.4 is 0 Å². The van der Waals surface area contributed by atoms with E-state index in [1.54, 1.807) is 0 Å². The van der Waals surface area contributed by atoms with Gasteiger partial charge in [0.15, 0.2) is 0 Å². The number of hydrogen-bond donors (Lipinski definition) is 0. The number of halogens is 1. The Morgan fingerprint density at radius 2 is 1.75 bits per heavy atom. The maximum absolute atomic E-state index is 5.97. The molecule has 1 aromatic carbocycles. The number of rotatable bonds is 1. The summed E-state index contributed by atoms with van der Waals surface area (Å²) in [5, 5.41) is 0.849. The van der Waals surface area contributed by atoms with Crippen molar-refractivity contribution in [3.8, 4) is 0 Å². The zero-order valence-corrected chi connectivity index (χ0v) is 8.87. The summed E-state index contributed by atoms with van der Waals surface area (Å²) >= 11 is 5.97. The highest BCUT2D eigenvalue weighted by Crippen LogP contribution is 2.25. The second kappa shape index (κ2) is 3.49. The summed E-state index contributed by atoms with van der Waals surface area (Å²) in [6.07, 6.45) is 0. The van der Waals surface area contributed by atoms with Crippen LogP contribution in [-0.4, -0.2) is 0 Å². The van der Waals surface area contributed by atoms with Crippen molar-refractivity contribution in [3.05, 3.63) is 33.8 Å². The second-order valence-electron chi connectivity index (χ2n) is 3.59. The minimum atomic E-state index is 0.558. The molecule has 1 heteroatoms. The maximum Gasteiger partial charge on any atom is 0.0411 e. The molecule has 0 aromatic heterocycles. The standard InChI is InChI=1S/C11H15Cl/c1-7(2)11-6-10(12)5-8(3)9(11)4/h5-7H,1-4H3. The molecule has 0 amide bonds. The van der Waals surface area contributed by atoms with E-state index in [4.69, 9.17) is 11.6 Å². The molecule has 0 aliphatic carbocycles. The summed E-state index contributed by atoms with van der Waals surface area (Å²) in [5.41, 5.74) is 4.01. The fraction of sp³-hybridized carbons (Fsp3) is 0.455. The van der Waals surface area contributed by atoms with Gasteiger partial charge in [-0.1, -0.05) is 25.4 Å². The monoisotopic (exact) mass is 182 g/mol. The molecule has 0 aliphatic rings. The first-order valence-electron chi connectivity index (χ1n) is 4.29. The summed E-state index contributed by atoms with van der Waals surface area (Å²) in [6, 6.07) is 4.08. The Morgan fingerprint density at radius 1 is 1.17 bits per heavy atom. The highest BCUT2D eigenvalue weighted by Gasteiger charge is 2.06. The van der Waals surface area contributed by atoms with E-state index in [-0.39, 0.29) is 0 Å². The molecule has 0 fully saturated rings. The lowest BCUT2D eigenvalue weighted by Crippen LogP contribution is -1.94. The van der Waals surface area contributed by atoms with Crippen LogP contribution in [0.4, 0.5) is 0 Å². The molecule has 1 rings (SSSR count). The van der Waals surface area contributed by atoms with Crippen molar-refractivity contribution in [2.24, 2.45) is 0 Å². The lowest BCUT2D eigenvalue weighted by molar-refractivity contribution is 0.854. The summed E-state index contributed by atoms with van der Waals surface area (Å²) in [4.78, 5) is 0. The predicted molar refractivity (Wildman–Crippen MR) is 55.0 cm³/mol. The average molecular weight is 183 g/mol. The first-order valence-corrected chi connectivity index (χ1v) is 4.67. The molecule has 1 aromatic rings. The van der Waals surface area contributed by atoms with Crippen molar-refractivity contribution in [2.75, 3.05) is 0 Å². The molecule has 0 saturated carbocycles. The minimum absolute atomic E-state index is 0.558. The lowest BCUT2D eigenvalue weighted by Gasteiger charge is -2.12. The van der Waals surface area contributed by atoms with Gasteiger partial charge in [0.25, 0.3) is 0 Å². The molecule has 0 saturated heterocycles. The van der Waals surface area contributed by atoms with E-state index in [1.165, 1.54) is 16.7 Å². The van der Waals surface area contributed by atoms with Crippen molar-refractivity contribution in [2.45, 2.75) is 33.6 Å². The Morgan fingerprint density at radius 3 is 2.25 bits per heavy atom. The molecule has 0 bridgehead atoms. The average Bonchev–Trinajstić information content (AvgIpc) is 1.96. The Balaban J connectivity index is 3.28. The molecule has 0 spiro atoms. The second-order valence-corrected chi connectivity index (χ2v) is 4.03. The van der Waals surface area contributed by atoms with Crippen LogP contribution in [-0.2, 0) is 0 Å². The predicted octanol–water partition coefficient (Wildman–Crippen LogP) is 4.08. The Hall–Kier alpha value is -0.490. The van der Waals surface area contributed by atoms with E-state index in [1.807, 2.05) is 6.07 Å². The van der Waals surface area contributed by atoms with Crippen LogP contribution in [0.25, 0.3) is 0 Å². The van der Waals surface area contributed by atoms with Crippen molar-refractivity contribution in [1.82, 2.24) is 0 Å². The van der Waals surface area contributed by atoms with Crippen LogP contribution in [0.1, 0.15) is 36.5 Å². The zero-order chi connectivity index (χ0) is 9.30. The third-order valence-corrected chi connectivity index (χ3v) is 2.51. The van der Waals surface area contributed by atoms with Gasteiger partial charge in [-0.25, -0.2) is 0 Å². The van der Waals surface area contributed by atoms with E-state index in [0.29, 0.717) is 5.92 Å². The van der Waals surface area contributed by atoms with E-state index in [2.05, 4.69) is 33.8 Å². The molecule has 12 heavy (non-hydrogen) atoms. The van der Waals surface area contributed by atoms with Crippen molar-refractivity contribution in [1.29, 1.82) is 0 Å². The molecule has 0 radical (unpaired) electrons. The highest BCUT2D eigenvalue weighted by molar-refractivity contribution is 6.30. The van der Waals surface area contributed by atoms with Crippen LogP contribution in [0.5, 0.6) is 0 Å². The fourth-order valence-electron chi connectivity index (χ4n) is 1.44. The van der Waals surface area contributed by atoms with Crippen LogP contribution >= 0.6 is 11.6 Å². The molecule has 0 nitrogen and oxygen atoms in total. The maximum atomic E-state index is 5.97. The molecule has 0 aliphatic heterocycles. The summed E-state index contributed by atoms with van der Waals surface area (Å²) in [6.45, 7) is 8.64. The minimum Gasteiger partial charge on any atom is -0.0843 e. The number of benzene rings is 1. The summed E-state index contributed by atoms with van der Waals surface area (Å²) in [5.74, 6) is 0.558. The van der Waals surface area contributed by atoms with Gasteiger partial charge in [-0.3, -0.25) is 0 Å². The van der Waals surface area contributed by atoms with E-state index in [0.717, 1.165) is 5.02 Å². The highest BCUT2D eigenvalue weighted by atomic mass is 35.5. The van der Waals surface area contributed by atoms with Gasteiger partial charge in [0.2, 0.25) is 0 Å². The van der Waals surface area contributed by atoms with Crippen molar-refractivity contribution in [3.63, 3.8) is 0 Å². The summed E-state index contributed by atoms with van der Waals surface area (Å²) < 4.78 is 0. The molecular weight excluding hydrogens is 168 g/mol. The van der Waals surface area contributed by atoms with E-state index < -0.39 is 0 Å². The molecule has 0 heterocycles. The van der Waals surface area contributed by atoms with Crippen LogP contribution in [0, 0.1) is 13.8 Å². The van der Waals surface area contributed by atoms with Gasteiger partial charge < -0.3 is 0 Å². The van der Waals surface area contributed by atoms with Gasteiger partial charge in [-0.15, -0.1) is 0 Å². The SMILES string of the molecule is Cc1cc(Cl)cc(C(C)C)c1C. The Bertz CT molecular complexity index is 287. The number of hydrogen-bond acceptors (Lipinski definition) is 0. The normalized spacial score (nSPS) is 10.8. The smallest absolute Gasteiger partial charge is 0.0411 e. The van der Waals surface area contributed by atoms with Crippen LogP contribution in [0.3, 0.4) is 0 Å². The summed E-state index contributed by atoms with van der Waals surface area (Å²) in [7, 11) is 0. The van der Waals surface area contributed by atoms with E-state index in [9.17, 15) is 0 Å². The zero-order valence-electron chi connectivity index (χ0n) is 8.11. The Kier molecular flexibility index (Phi) is 2.79. The van der Waals surface area contributed by atoms with E-state index >= 15 is 0 Å². The van der Waals surface area contributed by atoms with Gasteiger partial charge in [-0.2, -0.15) is 0 Å². The van der Waals surface area contributed by atoms with Crippen LogP contribution in [0.15, 0.2) is 12.1 Å². The molecule has 0 atom stereocenters. The van der Waals surface area contributed by atoms with Crippen LogP contribution in [0.2, 0.25) is 5.02 Å². The quantitative estimate of drug-likeness (QED) is 0.614. The van der Waals surface area contributed by atoms with Gasteiger partial charge >= 0.3 is 0 Å². The van der Waals surface area contributed by atoms with Gasteiger partial charge in [-0.05, 0) is 48.6 Å². The van der Waals surface area contributed by atoms with Crippen molar-refractivity contribution < 1.29 is 0 Å². The third kappa shape index (κ3) is 1.81. The fourth-order valence-corrected chi connectivity index (χ4v) is 1.72. The molecule has 0 N–H and O–H groups in total. The molecule has 0 unspecified atom stereocenters. The van der Waals surface area contributed by atoms with Gasteiger partial charge in [0.05, 0.1) is 0 Å². The van der Waals surface area contributed by atoms with Crippen molar-refractivity contribution >= 4 is 11.6 Å². The largest absolute Gasteiger partial charge is 0.0843 e. The number of aryl methyl sites for hydroxylation is 1. The van der Waals surface area contributed by atoms with Gasteiger partial charge in [0.1, 0.15) is 0 Å². The first-order chi connectivity index (χ1) is 5.52. The topological polar surface area (TPSA) is 0 Å². The first kappa shape index (κ1) is 9.60. The molecule has 66 valence electrons. The third-order valence-electron chi connectivity index (χ3n) is 2.29. The van der Waals surface area contributed by atoms with Gasteiger partial charge in [0, 0.05) is 5.02 Å². The molecular formula is C11H15Cl. The lowest BCUT2D eigenvalue weighted by atomic mass is 9.95.